The van der Waals surface area contributed by atoms with Gasteiger partial charge in [-0.05, 0) is 24.6 Å². The lowest BCUT2D eigenvalue weighted by Gasteiger charge is -2.23. The van der Waals surface area contributed by atoms with Gasteiger partial charge in [-0.15, -0.1) is 0 Å². The predicted octanol–water partition coefficient (Wildman–Crippen LogP) is 3.48. The summed E-state index contributed by atoms with van der Waals surface area (Å²) in [5.74, 6) is -0.832. The smallest absolute Gasteiger partial charge is 0.256 e. The summed E-state index contributed by atoms with van der Waals surface area (Å²) >= 11 is 0. The van der Waals surface area contributed by atoms with Crippen LogP contribution in [0.5, 0.6) is 0 Å². The summed E-state index contributed by atoms with van der Waals surface area (Å²) in [6.07, 6.45) is 0.418. The maximum absolute atomic E-state index is 13.8. The van der Waals surface area contributed by atoms with Gasteiger partial charge in [0, 0.05) is 13.0 Å². The van der Waals surface area contributed by atoms with Crippen molar-refractivity contribution in [3.63, 3.8) is 0 Å². The highest BCUT2D eigenvalue weighted by Crippen LogP contribution is 2.19. The maximum atomic E-state index is 13.8. The Hall–Kier alpha value is -2.69. The summed E-state index contributed by atoms with van der Waals surface area (Å²) in [7, 11) is 0. The fraction of sp³-hybridized carbons (Fsp3) is 0.263. The molecule has 0 saturated heterocycles. The lowest BCUT2D eigenvalue weighted by molar-refractivity contribution is 0.0433. The second-order valence-electron chi connectivity index (χ2n) is 5.66. The van der Waals surface area contributed by atoms with Crippen LogP contribution >= 0.6 is 0 Å². The molecule has 0 fully saturated rings. The summed E-state index contributed by atoms with van der Waals surface area (Å²) in [6.45, 7) is 2.73. The Kier molecular flexibility index (Phi) is 4.89. The molecule has 0 aliphatic carbocycles. The minimum absolute atomic E-state index is 0.0848. The standard InChI is InChI=1S/C19H19FN2O2/c1-2-22(19(23)16-10-6-7-11-17(16)20)13-15-12-18(21-24-15)14-8-4-3-5-9-14/h3-11,15H,2,12-13H2,1H3/t15-/m0/s1. The average Bonchev–Trinajstić information content (AvgIpc) is 3.09. The first-order valence-corrected chi connectivity index (χ1v) is 8.01. The molecule has 1 aliphatic rings. The van der Waals surface area contributed by atoms with Crippen molar-refractivity contribution in [2.75, 3.05) is 13.1 Å². The summed E-state index contributed by atoms with van der Waals surface area (Å²) in [5, 5.41) is 4.13. The number of halogens is 1. The van der Waals surface area contributed by atoms with Gasteiger partial charge < -0.3 is 9.74 Å². The zero-order valence-corrected chi connectivity index (χ0v) is 13.5. The second-order valence-corrected chi connectivity index (χ2v) is 5.66. The molecular weight excluding hydrogens is 307 g/mol. The van der Waals surface area contributed by atoms with E-state index in [0.29, 0.717) is 19.5 Å². The van der Waals surface area contributed by atoms with E-state index in [1.165, 1.54) is 12.1 Å². The van der Waals surface area contributed by atoms with Crippen molar-refractivity contribution in [3.8, 4) is 0 Å². The minimum atomic E-state index is -0.505. The molecule has 24 heavy (non-hydrogen) atoms. The van der Waals surface area contributed by atoms with E-state index in [1.54, 1.807) is 17.0 Å². The van der Waals surface area contributed by atoms with E-state index in [4.69, 9.17) is 4.84 Å². The Labute approximate surface area is 140 Å². The van der Waals surface area contributed by atoms with E-state index in [1.807, 2.05) is 37.3 Å². The normalized spacial score (nSPS) is 16.4. The first kappa shape index (κ1) is 16.2. The number of carbonyl (C=O) groups is 1. The Morgan fingerprint density at radius 3 is 2.62 bits per heavy atom. The zero-order valence-electron chi connectivity index (χ0n) is 13.5. The molecule has 5 heteroatoms. The van der Waals surface area contributed by atoms with Gasteiger partial charge in [0.05, 0.1) is 17.8 Å². The van der Waals surface area contributed by atoms with Gasteiger partial charge in [0.1, 0.15) is 5.82 Å². The predicted molar refractivity (Wildman–Crippen MR) is 90.4 cm³/mol. The summed E-state index contributed by atoms with van der Waals surface area (Å²) in [5.41, 5.74) is 1.97. The first-order chi connectivity index (χ1) is 11.7. The highest BCUT2D eigenvalue weighted by atomic mass is 19.1. The van der Waals surface area contributed by atoms with Crippen LogP contribution in [-0.4, -0.2) is 35.7 Å². The highest BCUT2D eigenvalue weighted by molar-refractivity contribution is 6.01. The lowest BCUT2D eigenvalue weighted by Crippen LogP contribution is -2.38. The monoisotopic (exact) mass is 326 g/mol. The van der Waals surface area contributed by atoms with Gasteiger partial charge in [0.15, 0.2) is 6.10 Å². The summed E-state index contributed by atoms with van der Waals surface area (Å²) in [6, 6.07) is 15.8. The largest absolute Gasteiger partial charge is 0.390 e. The molecule has 0 bridgehead atoms. The third-order valence-corrected chi connectivity index (χ3v) is 4.04. The van der Waals surface area contributed by atoms with Gasteiger partial charge in [-0.3, -0.25) is 4.79 Å². The number of carbonyl (C=O) groups excluding carboxylic acids is 1. The van der Waals surface area contributed by atoms with Crippen molar-refractivity contribution in [1.29, 1.82) is 0 Å². The van der Waals surface area contributed by atoms with E-state index in [9.17, 15) is 9.18 Å². The van der Waals surface area contributed by atoms with Crippen LogP contribution in [0.1, 0.15) is 29.3 Å². The number of amides is 1. The van der Waals surface area contributed by atoms with Gasteiger partial charge in [-0.2, -0.15) is 0 Å². The molecule has 4 nitrogen and oxygen atoms in total. The number of oxime groups is 1. The Balaban J connectivity index is 1.65. The molecule has 2 aromatic rings. The van der Waals surface area contributed by atoms with Crippen LogP contribution < -0.4 is 0 Å². The third-order valence-electron chi connectivity index (χ3n) is 4.04. The maximum Gasteiger partial charge on any atom is 0.256 e. The number of nitrogens with zero attached hydrogens (tertiary/aromatic N) is 2. The van der Waals surface area contributed by atoms with Crippen molar-refractivity contribution >= 4 is 11.6 Å². The van der Waals surface area contributed by atoms with E-state index >= 15 is 0 Å². The zero-order chi connectivity index (χ0) is 16.9. The number of likely N-dealkylation sites (N-methyl/N-ethyl adjacent to an activating group) is 1. The highest BCUT2D eigenvalue weighted by Gasteiger charge is 2.27. The van der Waals surface area contributed by atoms with Gasteiger partial charge in [-0.1, -0.05) is 47.6 Å². The molecule has 1 atom stereocenters. The molecule has 0 saturated carbocycles. The molecular formula is C19H19FN2O2. The molecule has 124 valence electrons. The van der Waals surface area contributed by atoms with Crippen LogP contribution in [0.15, 0.2) is 59.8 Å². The Morgan fingerprint density at radius 2 is 1.92 bits per heavy atom. The van der Waals surface area contributed by atoms with Crippen LogP contribution in [0, 0.1) is 5.82 Å². The molecule has 1 aliphatic heterocycles. The second kappa shape index (κ2) is 7.25. The first-order valence-electron chi connectivity index (χ1n) is 8.01. The number of benzene rings is 2. The van der Waals surface area contributed by atoms with Crippen LogP contribution in [0.25, 0.3) is 0 Å². The number of hydrogen-bond donors (Lipinski definition) is 0. The molecule has 0 N–H and O–H groups in total. The van der Waals surface area contributed by atoms with Gasteiger partial charge in [0.2, 0.25) is 0 Å². The van der Waals surface area contributed by atoms with Crippen LogP contribution in [-0.2, 0) is 4.84 Å². The third kappa shape index (κ3) is 3.45. The molecule has 1 amide bonds. The SMILES string of the molecule is CCN(C[C@@H]1CC(c2ccccc2)=NO1)C(=O)c1ccccc1F. The quantitative estimate of drug-likeness (QED) is 0.844. The minimum Gasteiger partial charge on any atom is -0.390 e. The van der Waals surface area contributed by atoms with Crippen molar-refractivity contribution in [1.82, 2.24) is 4.90 Å². The molecule has 3 rings (SSSR count). The van der Waals surface area contributed by atoms with E-state index in [2.05, 4.69) is 5.16 Å². The van der Waals surface area contributed by atoms with Crippen LogP contribution in [0.3, 0.4) is 0 Å². The molecule has 0 unspecified atom stereocenters. The van der Waals surface area contributed by atoms with Crippen molar-refractivity contribution in [2.24, 2.45) is 5.16 Å². The van der Waals surface area contributed by atoms with E-state index in [0.717, 1.165) is 11.3 Å². The molecule has 0 spiro atoms. The Bertz CT molecular complexity index is 746. The van der Waals surface area contributed by atoms with Crippen LogP contribution in [0.4, 0.5) is 4.39 Å². The van der Waals surface area contributed by atoms with E-state index in [-0.39, 0.29) is 17.6 Å². The fourth-order valence-electron chi connectivity index (χ4n) is 2.73. The molecule has 0 aromatic heterocycles. The lowest BCUT2D eigenvalue weighted by atomic mass is 10.0. The summed E-state index contributed by atoms with van der Waals surface area (Å²) < 4.78 is 13.8. The number of hydrogen-bond acceptors (Lipinski definition) is 3. The molecule has 1 heterocycles. The van der Waals surface area contributed by atoms with E-state index < -0.39 is 5.82 Å². The van der Waals surface area contributed by atoms with Gasteiger partial charge in [-0.25, -0.2) is 4.39 Å². The fourth-order valence-corrected chi connectivity index (χ4v) is 2.73. The Morgan fingerprint density at radius 1 is 1.21 bits per heavy atom. The van der Waals surface area contributed by atoms with Crippen molar-refractivity contribution < 1.29 is 14.0 Å². The molecule has 2 aromatic carbocycles. The topological polar surface area (TPSA) is 41.9 Å². The van der Waals surface area contributed by atoms with Gasteiger partial charge in [0.25, 0.3) is 5.91 Å². The summed E-state index contributed by atoms with van der Waals surface area (Å²) in [4.78, 5) is 19.6. The van der Waals surface area contributed by atoms with Gasteiger partial charge >= 0.3 is 0 Å². The van der Waals surface area contributed by atoms with Crippen molar-refractivity contribution in [3.05, 3.63) is 71.5 Å². The van der Waals surface area contributed by atoms with Crippen LogP contribution in [0.2, 0.25) is 0 Å². The van der Waals surface area contributed by atoms with Crippen molar-refractivity contribution in [2.45, 2.75) is 19.4 Å². The number of rotatable bonds is 5. The molecule has 0 radical (unpaired) electrons. The average molecular weight is 326 g/mol.